The summed E-state index contributed by atoms with van der Waals surface area (Å²) in [6.45, 7) is 3.70. The molecule has 2 aromatic rings. The van der Waals surface area contributed by atoms with Crippen molar-refractivity contribution in [1.82, 2.24) is 24.6 Å². The molecule has 1 aliphatic heterocycles. The number of nitrogens with zero attached hydrogens (tertiary/aromatic N) is 5. The summed E-state index contributed by atoms with van der Waals surface area (Å²) < 4.78 is 6.48. The fraction of sp³-hybridized carbons (Fsp3) is 0.412. The number of amides is 2. The molecule has 26 heavy (non-hydrogen) atoms. The predicted molar refractivity (Wildman–Crippen MR) is 95.5 cm³/mol. The zero-order valence-corrected chi connectivity index (χ0v) is 15.4. The Labute approximate surface area is 156 Å². The van der Waals surface area contributed by atoms with Crippen LogP contribution in [0.5, 0.6) is 0 Å². The lowest BCUT2D eigenvalue weighted by Gasteiger charge is -2.34. The van der Waals surface area contributed by atoms with E-state index in [9.17, 15) is 9.59 Å². The second-order valence-electron chi connectivity index (χ2n) is 5.98. The Kier molecular flexibility index (Phi) is 5.53. The van der Waals surface area contributed by atoms with Gasteiger partial charge < -0.3 is 14.5 Å². The molecular weight excluding hydrogens is 358 g/mol. The molecule has 0 aliphatic carbocycles. The highest BCUT2D eigenvalue weighted by atomic mass is 35.5. The third-order valence-corrected chi connectivity index (χ3v) is 4.47. The minimum absolute atomic E-state index is 0.0557. The van der Waals surface area contributed by atoms with Crippen molar-refractivity contribution in [1.29, 1.82) is 0 Å². The predicted octanol–water partition coefficient (Wildman–Crippen LogP) is 1.16. The standard InChI is InChI=1S/C17H20ClN5O3/c1-12-19-16(20-23(12)14-5-3-13(18)4-6-14)17(25)22-9-7-21(8-10-22)15(24)11-26-2/h3-6H,7-11H2,1-2H3. The van der Waals surface area contributed by atoms with Gasteiger partial charge in [-0.3, -0.25) is 9.59 Å². The number of halogens is 1. The summed E-state index contributed by atoms with van der Waals surface area (Å²) in [5, 5.41) is 4.97. The van der Waals surface area contributed by atoms with Crippen LogP contribution in [0.3, 0.4) is 0 Å². The van der Waals surface area contributed by atoms with Crippen molar-refractivity contribution in [2.75, 3.05) is 39.9 Å². The van der Waals surface area contributed by atoms with Crippen molar-refractivity contribution in [3.63, 3.8) is 0 Å². The number of rotatable bonds is 4. The van der Waals surface area contributed by atoms with E-state index in [2.05, 4.69) is 10.1 Å². The molecule has 1 saturated heterocycles. The zero-order valence-electron chi connectivity index (χ0n) is 14.7. The van der Waals surface area contributed by atoms with E-state index in [0.717, 1.165) is 5.69 Å². The monoisotopic (exact) mass is 377 g/mol. The summed E-state index contributed by atoms with van der Waals surface area (Å²) in [4.78, 5) is 32.2. The molecule has 138 valence electrons. The van der Waals surface area contributed by atoms with Gasteiger partial charge in [-0.15, -0.1) is 5.10 Å². The van der Waals surface area contributed by atoms with Crippen LogP contribution < -0.4 is 0 Å². The molecule has 0 atom stereocenters. The van der Waals surface area contributed by atoms with Gasteiger partial charge in [0.15, 0.2) is 0 Å². The van der Waals surface area contributed by atoms with Gasteiger partial charge in [0.25, 0.3) is 5.91 Å². The number of benzene rings is 1. The molecule has 0 unspecified atom stereocenters. The minimum Gasteiger partial charge on any atom is -0.375 e. The van der Waals surface area contributed by atoms with E-state index >= 15 is 0 Å². The SMILES string of the molecule is COCC(=O)N1CCN(C(=O)c2nc(C)n(-c3ccc(Cl)cc3)n2)CC1. The molecule has 3 rings (SSSR count). The number of methoxy groups -OCH3 is 1. The molecule has 0 radical (unpaired) electrons. The summed E-state index contributed by atoms with van der Waals surface area (Å²) in [5.74, 6) is 0.457. The van der Waals surface area contributed by atoms with Gasteiger partial charge in [0.2, 0.25) is 11.7 Å². The van der Waals surface area contributed by atoms with E-state index in [1.54, 1.807) is 33.5 Å². The lowest BCUT2D eigenvalue weighted by atomic mass is 10.3. The zero-order chi connectivity index (χ0) is 18.7. The fourth-order valence-electron chi connectivity index (χ4n) is 2.82. The molecular formula is C17H20ClN5O3. The van der Waals surface area contributed by atoms with Crippen LogP contribution >= 0.6 is 11.6 Å². The van der Waals surface area contributed by atoms with Crippen LogP contribution in [0.2, 0.25) is 5.02 Å². The summed E-state index contributed by atoms with van der Waals surface area (Å²) in [6, 6.07) is 7.16. The highest BCUT2D eigenvalue weighted by Gasteiger charge is 2.27. The number of hydrogen-bond donors (Lipinski definition) is 0. The van der Waals surface area contributed by atoms with Crippen molar-refractivity contribution < 1.29 is 14.3 Å². The summed E-state index contributed by atoms with van der Waals surface area (Å²) >= 11 is 5.91. The van der Waals surface area contributed by atoms with E-state index in [0.29, 0.717) is 37.0 Å². The number of aromatic nitrogens is 3. The van der Waals surface area contributed by atoms with Gasteiger partial charge in [-0.05, 0) is 31.2 Å². The molecule has 1 aromatic heterocycles. The molecule has 2 heterocycles. The Hall–Kier alpha value is -2.45. The second kappa shape index (κ2) is 7.84. The van der Waals surface area contributed by atoms with Gasteiger partial charge in [-0.2, -0.15) is 0 Å². The van der Waals surface area contributed by atoms with Gasteiger partial charge in [0.05, 0.1) is 5.69 Å². The van der Waals surface area contributed by atoms with Crippen molar-refractivity contribution in [2.24, 2.45) is 0 Å². The molecule has 9 heteroatoms. The number of carbonyl (C=O) groups excluding carboxylic acids is 2. The van der Waals surface area contributed by atoms with Crippen LogP contribution in [-0.2, 0) is 9.53 Å². The highest BCUT2D eigenvalue weighted by Crippen LogP contribution is 2.15. The van der Waals surface area contributed by atoms with Crippen molar-refractivity contribution >= 4 is 23.4 Å². The number of hydrogen-bond acceptors (Lipinski definition) is 5. The van der Waals surface area contributed by atoms with E-state index in [4.69, 9.17) is 16.3 Å². The second-order valence-corrected chi connectivity index (χ2v) is 6.41. The largest absolute Gasteiger partial charge is 0.375 e. The van der Waals surface area contributed by atoms with Crippen LogP contribution in [0.25, 0.3) is 5.69 Å². The molecule has 1 aromatic carbocycles. The summed E-state index contributed by atoms with van der Waals surface area (Å²) in [7, 11) is 1.49. The molecule has 1 aliphatic rings. The number of piperazine rings is 1. The summed E-state index contributed by atoms with van der Waals surface area (Å²) in [6.07, 6.45) is 0. The van der Waals surface area contributed by atoms with Gasteiger partial charge in [0.1, 0.15) is 12.4 Å². The topological polar surface area (TPSA) is 80.6 Å². The third kappa shape index (κ3) is 3.86. The van der Waals surface area contributed by atoms with Gasteiger partial charge in [-0.1, -0.05) is 11.6 Å². The lowest BCUT2D eigenvalue weighted by Crippen LogP contribution is -2.51. The average Bonchev–Trinajstić information content (AvgIpc) is 3.04. The molecule has 0 bridgehead atoms. The van der Waals surface area contributed by atoms with E-state index < -0.39 is 0 Å². The quantitative estimate of drug-likeness (QED) is 0.798. The first-order valence-corrected chi connectivity index (χ1v) is 8.63. The molecule has 8 nitrogen and oxygen atoms in total. The molecule has 0 N–H and O–H groups in total. The van der Waals surface area contributed by atoms with Crippen LogP contribution in [0.15, 0.2) is 24.3 Å². The van der Waals surface area contributed by atoms with E-state index in [1.165, 1.54) is 7.11 Å². The molecule has 0 spiro atoms. The maximum absolute atomic E-state index is 12.7. The van der Waals surface area contributed by atoms with Crippen molar-refractivity contribution in [3.8, 4) is 5.69 Å². The maximum atomic E-state index is 12.7. The Bertz CT molecular complexity index is 797. The van der Waals surface area contributed by atoms with Crippen LogP contribution in [0.1, 0.15) is 16.4 Å². The normalized spacial score (nSPS) is 14.6. The first-order chi connectivity index (χ1) is 12.5. The van der Waals surface area contributed by atoms with Gasteiger partial charge >= 0.3 is 0 Å². The number of aryl methyl sites for hydroxylation is 1. The maximum Gasteiger partial charge on any atom is 0.293 e. The van der Waals surface area contributed by atoms with Crippen LogP contribution in [0, 0.1) is 6.92 Å². The summed E-state index contributed by atoms with van der Waals surface area (Å²) in [5.41, 5.74) is 0.786. The Morgan fingerprint density at radius 3 is 2.35 bits per heavy atom. The number of carbonyl (C=O) groups is 2. The molecule has 2 amide bonds. The molecule has 1 fully saturated rings. The third-order valence-electron chi connectivity index (χ3n) is 4.22. The minimum atomic E-state index is -0.236. The average molecular weight is 378 g/mol. The van der Waals surface area contributed by atoms with E-state index in [-0.39, 0.29) is 24.2 Å². The first-order valence-electron chi connectivity index (χ1n) is 8.25. The van der Waals surface area contributed by atoms with Crippen LogP contribution in [-0.4, -0.2) is 76.3 Å². The Morgan fingerprint density at radius 1 is 1.12 bits per heavy atom. The van der Waals surface area contributed by atoms with Gasteiger partial charge in [0, 0.05) is 38.3 Å². The number of ether oxygens (including phenoxy) is 1. The first kappa shape index (κ1) is 18.3. The van der Waals surface area contributed by atoms with Crippen LogP contribution in [0.4, 0.5) is 0 Å². The fourth-order valence-corrected chi connectivity index (χ4v) is 2.95. The van der Waals surface area contributed by atoms with Crippen molar-refractivity contribution in [2.45, 2.75) is 6.92 Å². The van der Waals surface area contributed by atoms with E-state index in [1.807, 2.05) is 12.1 Å². The smallest absolute Gasteiger partial charge is 0.293 e. The Morgan fingerprint density at radius 2 is 1.73 bits per heavy atom. The highest BCUT2D eigenvalue weighted by molar-refractivity contribution is 6.30. The Balaban J connectivity index is 1.69. The van der Waals surface area contributed by atoms with Gasteiger partial charge in [-0.25, -0.2) is 9.67 Å². The molecule has 0 saturated carbocycles. The van der Waals surface area contributed by atoms with Crippen molar-refractivity contribution in [3.05, 3.63) is 40.9 Å². The lowest BCUT2D eigenvalue weighted by molar-refractivity contribution is -0.136.